The molecule has 0 saturated carbocycles. The minimum absolute atomic E-state index is 0.146. The molecule has 6 nitrogen and oxygen atoms in total. The van der Waals surface area contributed by atoms with Crippen molar-refractivity contribution < 1.29 is 9.53 Å². The maximum absolute atomic E-state index is 12.7. The zero-order valence-electron chi connectivity index (χ0n) is 15.9. The number of carbonyl (C=O) groups is 1. The van der Waals surface area contributed by atoms with Crippen LogP contribution in [0, 0.1) is 6.92 Å². The minimum atomic E-state index is -0.146. The van der Waals surface area contributed by atoms with Crippen LogP contribution in [0.3, 0.4) is 0 Å². The Kier molecular flexibility index (Phi) is 5.07. The van der Waals surface area contributed by atoms with Gasteiger partial charge in [0.05, 0.1) is 7.11 Å². The van der Waals surface area contributed by atoms with Crippen molar-refractivity contribution in [2.24, 2.45) is 0 Å². The van der Waals surface area contributed by atoms with Gasteiger partial charge in [0.2, 0.25) is 5.88 Å². The van der Waals surface area contributed by atoms with Crippen molar-refractivity contribution in [3.63, 3.8) is 0 Å². The van der Waals surface area contributed by atoms with Gasteiger partial charge in [-0.1, -0.05) is 30.3 Å². The number of nitrogens with one attached hydrogen (secondary N) is 1. The van der Waals surface area contributed by atoms with Crippen LogP contribution >= 0.6 is 0 Å². The summed E-state index contributed by atoms with van der Waals surface area (Å²) in [5.41, 5.74) is 1.76. The lowest BCUT2D eigenvalue weighted by atomic mass is 9.96. The largest absolute Gasteiger partial charge is 0.480 e. The highest BCUT2D eigenvalue weighted by Crippen LogP contribution is 2.37. The van der Waals surface area contributed by atoms with Crippen molar-refractivity contribution in [1.29, 1.82) is 0 Å². The molecule has 2 atom stereocenters. The van der Waals surface area contributed by atoms with Gasteiger partial charge in [-0.3, -0.25) is 9.69 Å². The van der Waals surface area contributed by atoms with Gasteiger partial charge in [0.15, 0.2) is 0 Å². The molecule has 2 aromatic rings. The molecular weight excluding hydrogens is 340 g/mol. The van der Waals surface area contributed by atoms with E-state index >= 15 is 0 Å². The fourth-order valence-electron chi connectivity index (χ4n) is 4.47. The molecule has 2 saturated heterocycles. The number of hydrogen-bond donors (Lipinski definition) is 1. The summed E-state index contributed by atoms with van der Waals surface area (Å²) in [6.45, 7) is 2.78. The van der Waals surface area contributed by atoms with Crippen molar-refractivity contribution in [3.05, 3.63) is 53.5 Å². The summed E-state index contributed by atoms with van der Waals surface area (Å²) in [7, 11) is 1.53. The first-order valence-corrected chi connectivity index (χ1v) is 9.62. The number of aromatic nitrogens is 2. The molecule has 2 aliphatic rings. The maximum Gasteiger partial charge on any atom is 0.258 e. The van der Waals surface area contributed by atoms with Crippen LogP contribution in [0.2, 0.25) is 0 Å². The molecule has 1 aromatic heterocycles. The molecule has 1 N–H and O–H groups in total. The Labute approximate surface area is 160 Å². The minimum Gasteiger partial charge on any atom is -0.480 e. The van der Waals surface area contributed by atoms with Gasteiger partial charge in [-0.05, 0) is 38.2 Å². The van der Waals surface area contributed by atoms with E-state index in [4.69, 9.17) is 4.74 Å². The SMILES string of the molecule is COc1nc(C)ncc1C(=O)NC1CC2CCC(C1)N2Cc1ccccc1. The second kappa shape index (κ2) is 7.64. The molecular formula is C21H26N4O2. The Balaban J connectivity index is 1.41. The number of carbonyl (C=O) groups excluding carboxylic acids is 1. The van der Waals surface area contributed by atoms with E-state index in [0.717, 1.165) is 19.4 Å². The Bertz CT molecular complexity index is 797. The number of methoxy groups -OCH3 is 1. The van der Waals surface area contributed by atoms with Crippen LogP contribution in [-0.4, -0.2) is 46.0 Å². The second-order valence-corrected chi connectivity index (χ2v) is 7.52. The summed E-state index contributed by atoms with van der Waals surface area (Å²) in [5, 5.41) is 3.19. The number of rotatable bonds is 5. The van der Waals surface area contributed by atoms with E-state index in [2.05, 4.69) is 50.5 Å². The molecule has 0 spiro atoms. The topological polar surface area (TPSA) is 67.3 Å². The first-order valence-electron chi connectivity index (χ1n) is 9.62. The third-order valence-corrected chi connectivity index (χ3v) is 5.74. The van der Waals surface area contributed by atoms with E-state index in [-0.39, 0.29) is 11.9 Å². The van der Waals surface area contributed by atoms with Gasteiger partial charge in [-0.15, -0.1) is 0 Å². The number of amides is 1. The molecule has 27 heavy (non-hydrogen) atoms. The van der Waals surface area contributed by atoms with E-state index in [9.17, 15) is 4.79 Å². The molecule has 0 aliphatic carbocycles. The summed E-state index contributed by atoms with van der Waals surface area (Å²) in [5.74, 6) is 0.785. The molecule has 0 radical (unpaired) electrons. The van der Waals surface area contributed by atoms with E-state index in [1.165, 1.54) is 25.5 Å². The molecule has 2 unspecified atom stereocenters. The number of ether oxygens (including phenoxy) is 1. The van der Waals surface area contributed by atoms with Crippen molar-refractivity contribution in [2.45, 2.75) is 57.3 Å². The third-order valence-electron chi connectivity index (χ3n) is 5.74. The van der Waals surface area contributed by atoms with Crippen LogP contribution in [0.15, 0.2) is 36.5 Å². The molecule has 1 amide bonds. The monoisotopic (exact) mass is 366 g/mol. The summed E-state index contributed by atoms with van der Waals surface area (Å²) in [6.07, 6.45) is 5.95. The lowest BCUT2D eigenvalue weighted by molar-refractivity contribution is 0.0824. The van der Waals surface area contributed by atoms with E-state index in [0.29, 0.717) is 29.4 Å². The van der Waals surface area contributed by atoms with Crippen LogP contribution in [0.4, 0.5) is 0 Å². The highest BCUT2D eigenvalue weighted by molar-refractivity contribution is 5.96. The van der Waals surface area contributed by atoms with Crippen LogP contribution in [-0.2, 0) is 6.54 Å². The molecule has 1 aromatic carbocycles. The molecule has 6 heteroatoms. The van der Waals surface area contributed by atoms with Crippen LogP contribution in [0.5, 0.6) is 5.88 Å². The second-order valence-electron chi connectivity index (χ2n) is 7.52. The van der Waals surface area contributed by atoms with E-state index in [1.54, 1.807) is 13.1 Å². The average molecular weight is 366 g/mol. The predicted molar refractivity (Wildman–Crippen MR) is 103 cm³/mol. The number of fused-ring (bicyclic) bond motifs is 2. The van der Waals surface area contributed by atoms with Crippen molar-refractivity contribution in [2.75, 3.05) is 7.11 Å². The number of aryl methyl sites for hydroxylation is 1. The van der Waals surface area contributed by atoms with Gasteiger partial charge in [0.25, 0.3) is 5.91 Å². The summed E-state index contributed by atoms with van der Waals surface area (Å²) < 4.78 is 5.25. The normalized spacial score (nSPS) is 24.6. The maximum atomic E-state index is 12.7. The van der Waals surface area contributed by atoms with Crippen LogP contribution < -0.4 is 10.1 Å². The van der Waals surface area contributed by atoms with Crippen molar-refractivity contribution in [3.8, 4) is 5.88 Å². The fraction of sp³-hybridized carbons (Fsp3) is 0.476. The van der Waals surface area contributed by atoms with Crippen LogP contribution in [0.25, 0.3) is 0 Å². The Morgan fingerprint density at radius 2 is 1.93 bits per heavy atom. The highest BCUT2D eigenvalue weighted by atomic mass is 16.5. The third kappa shape index (κ3) is 3.81. The quantitative estimate of drug-likeness (QED) is 0.881. The molecule has 4 rings (SSSR count). The predicted octanol–water partition coefficient (Wildman–Crippen LogP) is 2.72. The van der Waals surface area contributed by atoms with E-state index < -0.39 is 0 Å². The smallest absolute Gasteiger partial charge is 0.258 e. The first-order chi connectivity index (χ1) is 13.1. The van der Waals surface area contributed by atoms with Gasteiger partial charge in [-0.2, -0.15) is 4.98 Å². The van der Waals surface area contributed by atoms with Crippen LogP contribution in [0.1, 0.15) is 47.4 Å². The molecule has 2 fully saturated rings. The zero-order chi connectivity index (χ0) is 18.8. The molecule has 2 aliphatic heterocycles. The average Bonchev–Trinajstić information content (AvgIpc) is 2.90. The number of piperidine rings is 1. The molecule has 2 bridgehead atoms. The first kappa shape index (κ1) is 17.9. The Morgan fingerprint density at radius 1 is 1.22 bits per heavy atom. The number of benzene rings is 1. The number of hydrogen-bond acceptors (Lipinski definition) is 5. The van der Waals surface area contributed by atoms with Gasteiger partial charge >= 0.3 is 0 Å². The van der Waals surface area contributed by atoms with Gasteiger partial charge in [0, 0.05) is 30.9 Å². The summed E-state index contributed by atoms with van der Waals surface area (Å²) in [4.78, 5) is 23.7. The Morgan fingerprint density at radius 3 is 2.59 bits per heavy atom. The standard InChI is InChI=1S/C21H26N4O2/c1-14-22-12-19(21(23-14)27-2)20(26)24-16-10-17-8-9-18(11-16)25(17)13-15-6-4-3-5-7-15/h3-7,12,16-18H,8-11,13H2,1-2H3,(H,24,26). The van der Waals surface area contributed by atoms with Gasteiger partial charge in [-0.25, -0.2) is 4.98 Å². The summed E-state index contributed by atoms with van der Waals surface area (Å²) in [6, 6.07) is 11.9. The lowest BCUT2D eigenvalue weighted by Gasteiger charge is -2.39. The lowest BCUT2D eigenvalue weighted by Crippen LogP contribution is -2.50. The van der Waals surface area contributed by atoms with E-state index in [1.807, 2.05) is 0 Å². The fourth-order valence-corrected chi connectivity index (χ4v) is 4.47. The van der Waals surface area contributed by atoms with Crippen molar-refractivity contribution in [1.82, 2.24) is 20.2 Å². The molecule has 142 valence electrons. The Hall–Kier alpha value is -2.47. The summed E-state index contributed by atoms with van der Waals surface area (Å²) >= 11 is 0. The number of nitrogens with zero attached hydrogens (tertiary/aromatic N) is 3. The van der Waals surface area contributed by atoms with Gasteiger partial charge in [0.1, 0.15) is 11.4 Å². The van der Waals surface area contributed by atoms with Crippen molar-refractivity contribution >= 4 is 5.91 Å². The van der Waals surface area contributed by atoms with Gasteiger partial charge < -0.3 is 10.1 Å². The zero-order valence-corrected chi connectivity index (χ0v) is 15.9. The molecule has 3 heterocycles. The highest BCUT2D eigenvalue weighted by Gasteiger charge is 2.41.